The van der Waals surface area contributed by atoms with Gasteiger partial charge in [0.25, 0.3) is 0 Å². The molecule has 3 rings (SSSR count). The highest BCUT2D eigenvalue weighted by molar-refractivity contribution is 6.23. The first-order valence-electron chi connectivity index (χ1n) is 14.1. The maximum Gasteiger partial charge on any atom is 0.347 e. The molecule has 0 saturated heterocycles. The van der Waals surface area contributed by atoms with Gasteiger partial charge in [-0.05, 0) is 59.2 Å². The summed E-state index contributed by atoms with van der Waals surface area (Å²) < 4.78 is 48.0. The van der Waals surface area contributed by atoms with E-state index in [0.29, 0.717) is 45.4 Å². The molecular weight excluding hydrogens is 612 g/mol. The van der Waals surface area contributed by atoms with Crippen LogP contribution in [0.2, 0.25) is 0 Å². The average Bonchev–Trinajstić information content (AvgIpc) is 3.11. The van der Waals surface area contributed by atoms with Crippen LogP contribution in [0, 0.1) is 0 Å². The zero-order valence-corrected chi connectivity index (χ0v) is 27.5. The van der Waals surface area contributed by atoms with Gasteiger partial charge >= 0.3 is 17.9 Å². The first-order chi connectivity index (χ1) is 22.7. The molecule has 47 heavy (non-hydrogen) atoms. The van der Waals surface area contributed by atoms with E-state index in [9.17, 15) is 14.4 Å². The third-order valence-electron chi connectivity index (χ3n) is 6.96. The van der Waals surface area contributed by atoms with Crippen molar-refractivity contribution < 1.29 is 57.0 Å². The number of rotatable bonds is 15. The second kappa shape index (κ2) is 17.2. The Morgan fingerprint density at radius 1 is 0.660 bits per heavy atom. The van der Waals surface area contributed by atoms with E-state index in [1.165, 1.54) is 63.0 Å². The molecule has 0 fully saturated rings. The van der Waals surface area contributed by atoms with Gasteiger partial charge in [0.2, 0.25) is 6.10 Å². The summed E-state index contributed by atoms with van der Waals surface area (Å²) in [5.41, 5.74) is 1.96. The Morgan fingerprint density at radius 2 is 1.26 bits per heavy atom. The lowest BCUT2D eigenvalue weighted by Gasteiger charge is -2.18. The molecule has 0 bridgehead atoms. The van der Waals surface area contributed by atoms with Crippen molar-refractivity contribution in [1.29, 1.82) is 0 Å². The minimum atomic E-state index is -1.27. The second-order valence-corrected chi connectivity index (χ2v) is 9.60. The van der Waals surface area contributed by atoms with Gasteiger partial charge in [-0.3, -0.25) is 0 Å². The highest BCUT2D eigenvalue weighted by atomic mass is 16.6. The SMILES string of the molecule is COC(=O)C(=Cc1ccc(OC)c(OC)c1)c1c(C=CC(=O)O[C@@H](Cc2ccc(OC)c(OC)c2)C(=O)OC)ccc(OC)c1OC. The molecule has 0 unspecified atom stereocenters. The Kier molecular flexibility index (Phi) is 13.1. The van der Waals surface area contributed by atoms with Crippen LogP contribution in [0.3, 0.4) is 0 Å². The topological polar surface area (TPSA) is 134 Å². The predicted octanol–water partition coefficient (Wildman–Crippen LogP) is 4.79. The van der Waals surface area contributed by atoms with E-state index in [1.807, 2.05) is 0 Å². The average molecular weight is 651 g/mol. The maximum atomic E-state index is 13.2. The predicted molar refractivity (Wildman–Crippen MR) is 173 cm³/mol. The number of hydrogen-bond acceptors (Lipinski definition) is 12. The third-order valence-corrected chi connectivity index (χ3v) is 6.96. The lowest BCUT2D eigenvalue weighted by molar-refractivity contribution is -0.162. The Bertz CT molecular complexity index is 1640. The van der Waals surface area contributed by atoms with E-state index in [4.69, 9.17) is 42.6 Å². The summed E-state index contributed by atoms with van der Waals surface area (Å²) >= 11 is 0. The standard InChI is InChI=1S/C35H38O12/c1-39-25-13-9-21(18-28(25)42-4)17-24(34(37)45-7)32-23(11-15-27(41-3)33(32)44-6)12-16-31(36)47-30(35(38)46-8)20-22-10-14-26(40-2)29(19-22)43-5/h9-19,30H,20H2,1-8H3/t30-/m0/s1. The summed E-state index contributed by atoms with van der Waals surface area (Å²) in [7, 11) is 11.3. The molecule has 0 radical (unpaired) electrons. The summed E-state index contributed by atoms with van der Waals surface area (Å²) in [6, 6.07) is 13.4. The number of ether oxygens (including phenoxy) is 9. The molecule has 0 heterocycles. The number of methoxy groups -OCH3 is 8. The van der Waals surface area contributed by atoms with Crippen molar-refractivity contribution in [3.05, 3.63) is 76.9 Å². The molecule has 0 aliphatic rings. The van der Waals surface area contributed by atoms with Gasteiger partial charge in [0.1, 0.15) is 0 Å². The van der Waals surface area contributed by atoms with Crippen molar-refractivity contribution in [2.75, 3.05) is 56.9 Å². The van der Waals surface area contributed by atoms with Gasteiger partial charge in [-0.15, -0.1) is 0 Å². The molecular formula is C35H38O12. The van der Waals surface area contributed by atoms with Crippen molar-refractivity contribution in [3.63, 3.8) is 0 Å². The van der Waals surface area contributed by atoms with Gasteiger partial charge < -0.3 is 42.6 Å². The van der Waals surface area contributed by atoms with E-state index >= 15 is 0 Å². The zero-order chi connectivity index (χ0) is 34.5. The molecule has 12 nitrogen and oxygen atoms in total. The van der Waals surface area contributed by atoms with Gasteiger partial charge in [-0.25, -0.2) is 14.4 Å². The summed E-state index contributed by atoms with van der Waals surface area (Å²) in [6.07, 6.45) is 2.87. The first-order valence-corrected chi connectivity index (χ1v) is 14.1. The lowest BCUT2D eigenvalue weighted by atomic mass is 9.95. The van der Waals surface area contributed by atoms with Crippen LogP contribution in [-0.2, 0) is 35.0 Å². The third kappa shape index (κ3) is 8.75. The second-order valence-electron chi connectivity index (χ2n) is 9.60. The molecule has 0 spiro atoms. The number of hydrogen-bond donors (Lipinski definition) is 0. The molecule has 3 aromatic carbocycles. The fraction of sp³-hybridized carbons (Fsp3) is 0.286. The maximum absolute atomic E-state index is 13.2. The van der Waals surface area contributed by atoms with E-state index in [0.717, 1.165) is 6.08 Å². The van der Waals surface area contributed by atoms with Crippen LogP contribution < -0.4 is 28.4 Å². The van der Waals surface area contributed by atoms with Crippen LogP contribution in [0.4, 0.5) is 0 Å². The molecule has 0 aromatic heterocycles. The molecule has 0 saturated carbocycles. The van der Waals surface area contributed by atoms with E-state index in [1.54, 1.807) is 54.6 Å². The van der Waals surface area contributed by atoms with E-state index < -0.39 is 24.0 Å². The molecule has 3 aromatic rings. The van der Waals surface area contributed by atoms with Crippen LogP contribution in [0.5, 0.6) is 34.5 Å². The smallest absolute Gasteiger partial charge is 0.347 e. The van der Waals surface area contributed by atoms with Crippen molar-refractivity contribution >= 4 is 35.6 Å². The molecule has 12 heteroatoms. The highest BCUT2D eigenvalue weighted by Crippen LogP contribution is 2.40. The summed E-state index contributed by atoms with van der Waals surface area (Å²) in [4.78, 5) is 38.9. The fourth-order valence-corrected chi connectivity index (χ4v) is 4.67. The van der Waals surface area contributed by atoms with Crippen LogP contribution in [0.1, 0.15) is 22.3 Å². The van der Waals surface area contributed by atoms with Crippen LogP contribution in [0.25, 0.3) is 17.7 Å². The van der Waals surface area contributed by atoms with Gasteiger partial charge in [-0.1, -0.05) is 18.2 Å². The van der Waals surface area contributed by atoms with Crippen LogP contribution in [-0.4, -0.2) is 80.9 Å². The van der Waals surface area contributed by atoms with Crippen LogP contribution >= 0.6 is 0 Å². The molecule has 0 N–H and O–H groups in total. The molecule has 1 atom stereocenters. The van der Waals surface area contributed by atoms with Gasteiger partial charge in [0.05, 0.1) is 62.5 Å². The molecule has 0 amide bonds. The number of esters is 3. The Morgan fingerprint density at radius 3 is 1.83 bits per heavy atom. The van der Waals surface area contributed by atoms with Gasteiger partial charge in [-0.2, -0.15) is 0 Å². The Balaban J connectivity index is 2.05. The summed E-state index contributed by atoms with van der Waals surface area (Å²) in [5, 5.41) is 0. The first kappa shape index (κ1) is 35.8. The van der Waals surface area contributed by atoms with E-state index in [2.05, 4.69) is 0 Å². The molecule has 250 valence electrons. The summed E-state index contributed by atoms with van der Waals surface area (Å²) in [6.45, 7) is 0. The minimum Gasteiger partial charge on any atom is -0.493 e. The van der Waals surface area contributed by atoms with Crippen LogP contribution in [0.15, 0.2) is 54.6 Å². The van der Waals surface area contributed by atoms with Crippen molar-refractivity contribution in [2.24, 2.45) is 0 Å². The van der Waals surface area contributed by atoms with Gasteiger partial charge in [0.15, 0.2) is 34.5 Å². The zero-order valence-electron chi connectivity index (χ0n) is 27.5. The normalized spacial score (nSPS) is 11.7. The highest BCUT2D eigenvalue weighted by Gasteiger charge is 2.26. The Hall–Kier alpha value is -5.65. The monoisotopic (exact) mass is 650 g/mol. The van der Waals surface area contributed by atoms with Gasteiger partial charge in [0, 0.05) is 18.1 Å². The quantitative estimate of drug-likeness (QED) is 0.0969. The summed E-state index contributed by atoms with van der Waals surface area (Å²) in [5.74, 6) is 0.145. The van der Waals surface area contributed by atoms with Crippen molar-refractivity contribution in [3.8, 4) is 34.5 Å². The minimum absolute atomic E-state index is 0.00870. The molecule has 0 aliphatic heterocycles. The molecule has 0 aliphatic carbocycles. The Labute approximate surface area is 273 Å². The van der Waals surface area contributed by atoms with Crippen molar-refractivity contribution in [2.45, 2.75) is 12.5 Å². The number of carbonyl (C=O) groups is 3. The van der Waals surface area contributed by atoms with E-state index in [-0.39, 0.29) is 23.3 Å². The number of carbonyl (C=O) groups excluding carboxylic acids is 3. The number of benzene rings is 3. The van der Waals surface area contributed by atoms with Crippen molar-refractivity contribution in [1.82, 2.24) is 0 Å². The fourth-order valence-electron chi connectivity index (χ4n) is 4.67. The lowest BCUT2D eigenvalue weighted by Crippen LogP contribution is -2.30. The largest absolute Gasteiger partial charge is 0.493 e.